The van der Waals surface area contributed by atoms with E-state index in [1.165, 1.54) is 43.1 Å². The molecule has 0 spiro atoms. The molecule has 2 aliphatic heterocycles. The normalized spacial score (nSPS) is 16.5. The topological polar surface area (TPSA) is 59.1 Å². The summed E-state index contributed by atoms with van der Waals surface area (Å²) >= 11 is 0. The lowest BCUT2D eigenvalue weighted by Gasteiger charge is -2.38. The highest BCUT2D eigenvalue weighted by molar-refractivity contribution is 6.09. The average Bonchev–Trinajstić information content (AvgIpc) is 3.11. The number of benzene rings is 4. The van der Waals surface area contributed by atoms with Crippen molar-refractivity contribution >= 4 is 34.3 Å². The Hall–Kier alpha value is -4.68. The highest BCUT2D eigenvalue weighted by Gasteiger charge is 2.26. The third-order valence-corrected chi connectivity index (χ3v) is 9.40. The molecule has 0 aliphatic carbocycles. The van der Waals surface area contributed by atoms with Gasteiger partial charge in [0.05, 0.1) is 6.61 Å². The molecule has 1 fully saturated rings. The Labute approximate surface area is 284 Å². The van der Waals surface area contributed by atoms with Gasteiger partial charge in [-0.25, -0.2) is 4.79 Å². The maximum atomic E-state index is 13.7. The van der Waals surface area contributed by atoms with Gasteiger partial charge < -0.3 is 19.3 Å². The molecule has 0 unspecified atom stereocenters. The molecule has 0 saturated carbocycles. The van der Waals surface area contributed by atoms with Crippen molar-refractivity contribution in [3.05, 3.63) is 125 Å². The molecule has 4 aromatic carbocycles. The molecule has 6 heteroatoms. The minimum absolute atomic E-state index is 0.0103. The van der Waals surface area contributed by atoms with Gasteiger partial charge in [0.15, 0.2) is 0 Å². The molecule has 0 radical (unpaired) electrons. The van der Waals surface area contributed by atoms with E-state index in [-0.39, 0.29) is 12.5 Å². The quantitative estimate of drug-likeness (QED) is 0.0934. The number of hydrogen-bond acceptors (Lipinski definition) is 5. The van der Waals surface area contributed by atoms with Crippen LogP contribution in [-0.4, -0.2) is 61.0 Å². The lowest BCUT2D eigenvalue weighted by Crippen LogP contribution is -2.40. The summed E-state index contributed by atoms with van der Waals surface area (Å²) in [5, 5.41) is 1.79. The van der Waals surface area contributed by atoms with E-state index in [0.717, 1.165) is 53.6 Å². The number of fused-ring (bicyclic) bond motifs is 1. The van der Waals surface area contributed by atoms with Crippen molar-refractivity contribution < 1.29 is 19.1 Å². The van der Waals surface area contributed by atoms with Crippen LogP contribution in [0.25, 0.3) is 22.4 Å². The molecule has 2 heterocycles. The fourth-order valence-corrected chi connectivity index (χ4v) is 6.85. The highest BCUT2D eigenvalue weighted by atomic mass is 16.5. The minimum atomic E-state index is -0.409. The average molecular weight is 643 g/mol. The maximum absolute atomic E-state index is 13.7. The standard InChI is InChI=1S/C42H46N2O4/c1-42(2)24-8-25-43(31-42)26-9-29-47-36-18-14-33(15-19-36)34-22-27-44(28-23-34)41(46)39-20-16-35(37-12-6-7-13-38(37)39)17-21-40(45)48-30-32-10-4-3-5-11-32/h3-7,10-22H,8-9,23-31H2,1-2H3/b21-17+. The van der Waals surface area contributed by atoms with Gasteiger partial charge in [-0.2, -0.15) is 0 Å². The van der Waals surface area contributed by atoms with Gasteiger partial charge >= 0.3 is 5.97 Å². The number of ether oxygens (including phenoxy) is 2. The number of esters is 1. The second kappa shape index (κ2) is 15.5. The molecule has 6 nitrogen and oxygen atoms in total. The van der Waals surface area contributed by atoms with E-state index in [4.69, 9.17) is 9.47 Å². The van der Waals surface area contributed by atoms with Crippen LogP contribution in [0.5, 0.6) is 5.75 Å². The van der Waals surface area contributed by atoms with Gasteiger partial charge in [0.1, 0.15) is 12.4 Å². The third-order valence-electron chi connectivity index (χ3n) is 9.40. The van der Waals surface area contributed by atoms with E-state index in [2.05, 4.69) is 49.1 Å². The van der Waals surface area contributed by atoms with E-state index < -0.39 is 5.97 Å². The molecule has 248 valence electrons. The van der Waals surface area contributed by atoms with Crippen LogP contribution in [0.4, 0.5) is 0 Å². The zero-order valence-corrected chi connectivity index (χ0v) is 28.2. The second-order valence-electron chi connectivity index (χ2n) is 13.7. The first kappa shape index (κ1) is 33.2. The summed E-state index contributed by atoms with van der Waals surface area (Å²) in [7, 11) is 0. The van der Waals surface area contributed by atoms with Crippen molar-refractivity contribution in [2.45, 2.75) is 46.1 Å². The van der Waals surface area contributed by atoms with E-state index >= 15 is 0 Å². The summed E-state index contributed by atoms with van der Waals surface area (Å²) < 4.78 is 11.5. The van der Waals surface area contributed by atoms with E-state index in [0.29, 0.717) is 24.1 Å². The Morgan fingerprint density at radius 3 is 2.40 bits per heavy atom. The molecule has 4 aromatic rings. The summed E-state index contributed by atoms with van der Waals surface area (Å²) in [6, 6.07) is 29.6. The molecule has 0 atom stereocenters. The molecule has 0 aromatic heterocycles. The predicted molar refractivity (Wildman–Crippen MR) is 194 cm³/mol. The van der Waals surface area contributed by atoms with Crippen molar-refractivity contribution in [2.75, 3.05) is 39.3 Å². The summed E-state index contributed by atoms with van der Waals surface area (Å²) in [5.41, 5.74) is 5.31. The van der Waals surface area contributed by atoms with Crippen molar-refractivity contribution in [1.29, 1.82) is 0 Å². The second-order valence-corrected chi connectivity index (χ2v) is 13.7. The highest BCUT2D eigenvalue weighted by Crippen LogP contribution is 2.30. The number of carbonyl (C=O) groups excluding carboxylic acids is 2. The van der Waals surface area contributed by atoms with Crippen LogP contribution in [0.2, 0.25) is 0 Å². The van der Waals surface area contributed by atoms with Gasteiger partial charge in [-0.3, -0.25) is 4.79 Å². The Bertz CT molecular complexity index is 1770. The molecule has 1 saturated heterocycles. The molecular formula is C42H46N2O4. The zero-order valence-electron chi connectivity index (χ0n) is 28.2. The fraction of sp³-hybridized carbons (Fsp3) is 0.333. The molecule has 48 heavy (non-hydrogen) atoms. The summed E-state index contributed by atoms with van der Waals surface area (Å²) in [4.78, 5) is 30.6. The number of nitrogens with zero attached hydrogens (tertiary/aromatic N) is 2. The number of rotatable bonds is 11. The van der Waals surface area contributed by atoms with Crippen molar-refractivity contribution in [3.8, 4) is 5.75 Å². The lowest BCUT2D eigenvalue weighted by molar-refractivity contribution is -0.138. The molecule has 0 bridgehead atoms. The van der Waals surface area contributed by atoms with E-state index in [1.54, 1.807) is 6.08 Å². The SMILES string of the molecule is CC1(C)CCCN(CCCOc2ccc(C3=CCN(C(=O)c4ccc(/C=C/C(=O)OCc5ccccc5)c5ccccc45)CC3)cc2)C1. The first-order valence-corrected chi connectivity index (χ1v) is 17.2. The Morgan fingerprint density at radius 2 is 1.65 bits per heavy atom. The third kappa shape index (κ3) is 8.61. The van der Waals surface area contributed by atoms with Gasteiger partial charge in [0.2, 0.25) is 0 Å². The molecular weight excluding hydrogens is 596 g/mol. The zero-order chi connectivity index (χ0) is 33.3. The summed E-state index contributed by atoms with van der Waals surface area (Å²) in [6.45, 7) is 10.4. The van der Waals surface area contributed by atoms with Gasteiger partial charge in [0.25, 0.3) is 5.91 Å². The van der Waals surface area contributed by atoms with Crippen LogP contribution in [0.3, 0.4) is 0 Å². The number of amides is 1. The van der Waals surface area contributed by atoms with Crippen molar-refractivity contribution in [3.63, 3.8) is 0 Å². The number of hydrogen-bond donors (Lipinski definition) is 0. The Morgan fingerprint density at radius 1 is 0.875 bits per heavy atom. The van der Waals surface area contributed by atoms with Gasteiger partial charge in [-0.05, 0) is 95.0 Å². The van der Waals surface area contributed by atoms with Crippen LogP contribution < -0.4 is 4.74 Å². The van der Waals surface area contributed by atoms with Gasteiger partial charge in [-0.15, -0.1) is 0 Å². The van der Waals surface area contributed by atoms with Crippen molar-refractivity contribution in [1.82, 2.24) is 9.80 Å². The maximum Gasteiger partial charge on any atom is 0.331 e. The smallest absolute Gasteiger partial charge is 0.331 e. The summed E-state index contributed by atoms with van der Waals surface area (Å²) in [6.07, 6.45) is 9.80. The molecule has 6 rings (SSSR count). The van der Waals surface area contributed by atoms with E-state index in [1.807, 2.05) is 71.6 Å². The molecule has 0 N–H and O–H groups in total. The van der Waals surface area contributed by atoms with Crippen LogP contribution in [0.1, 0.15) is 66.6 Å². The van der Waals surface area contributed by atoms with Crippen LogP contribution in [0.15, 0.2) is 103 Å². The van der Waals surface area contributed by atoms with Gasteiger partial charge in [0, 0.05) is 37.8 Å². The van der Waals surface area contributed by atoms with E-state index in [9.17, 15) is 9.59 Å². The molecule has 1 amide bonds. The first-order chi connectivity index (χ1) is 23.3. The monoisotopic (exact) mass is 642 g/mol. The number of carbonyl (C=O) groups is 2. The lowest BCUT2D eigenvalue weighted by atomic mass is 9.84. The largest absolute Gasteiger partial charge is 0.494 e. The van der Waals surface area contributed by atoms with Crippen molar-refractivity contribution in [2.24, 2.45) is 5.41 Å². The van der Waals surface area contributed by atoms with Gasteiger partial charge in [-0.1, -0.05) is 92.7 Å². The molecule has 2 aliphatic rings. The number of likely N-dealkylation sites (tertiary alicyclic amines) is 1. The first-order valence-electron chi connectivity index (χ1n) is 17.2. The fourth-order valence-electron chi connectivity index (χ4n) is 6.85. The predicted octanol–water partition coefficient (Wildman–Crippen LogP) is 8.42. The van der Waals surface area contributed by atoms with Crippen LogP contribution in [-0.2, 0) is 16.1 Å². The number of piperidine rings is 1. The van der Waals surface area contributed by atoms with Crippen LogP contribution in [0, 0.1) is 5.41 Å². The Balaban J connectivity index is 1.02. The summed E-state index contributed by atoms with van der Waals surface area (Å²) in [5.74, 6) is 0.505. The Kier molecular flexibility index (Phi) is 10.7. The van der Waals surface area contributed by atoms with Crippen LogP contribution >= 0.6 is 0 Å². The minimum Gasteiger partial charge on any atom is -0.494 e.